The summed E-state index contributed by atoms with van der Waals surface area (Å²) in [7, 11) is 0. The molecule has 0 bridgehead atoms. The normalized spacial score (nSPS) is 12.4. The summed E-state index contributed by atoms with van der Waals surface area (Å²) in [4.78, 5) is 4.29. The molecule has 0 saturated carbocycles. The minimum atomic E-state index is -0.137. The monoisotopic (exact) mass is 212 g/mol. The van der Waals surface area contributed by atoms with Gasteiger partial charge in [0, 0.05) is 6.20 Å². The first-order valence-corrected chi connectivity index (χ1v) is 5.42. The van der Waals surface area contributed by atoms with Crippen molar-refractivity contribution in [1.29, 1.82) is 0 Å². The number of pyridine rings is 1. The van der Waals surface area contributed by atoms with Crippen molar-refractivity contribution < 1.29 is 0 Å². The highest BCUT2D eigenvalue weighted by Crippen LogP contribution is 2.21. The topological polar surface area (TPSA) is 38.9 Å². The summed E-state index contributed by atoms with van der Waals surface area (Å²) in [5.41, 5.74) is 10.7. The maximum absolute atomic E-state index is 6.20. The van der Waals surface area contributed by atoms with Gasteiger partial charge in [0.05, 0.1) is 11.7 Å². The van der Waals surface area contributed by atoms with Crippen LogP contribution in [0.2, 0.25) is 0 Å². The average molecular weight is 212 g/mol. The molecule has 2 N–H and O–H groups in total. The van der Waals surface area contributed by atoms with Gasteiger partial charge in [-0.15, -0.1) is 0 Å². The number of nitrogens with zero attached hydrogens (tertiary/aromatic N) is 1. The molecule has 0 aliphatic rings. The number of aryl methyl sites for hydroxylation is 2. The molecule has 0 radical (unpaired) electrons. The molecule has 16 heavy (non-hydrogen) atoms. The third-order valence-corrected chi connectivity index (χ3v) is 2.77. The predicted octanol–water partition coefficient (Wildman–Crippen LogP) is 2.75. The molecule has 0 aliphatic carbocycles. The molecule has 2 aromatic rings. The molecule has 0 amide bonds. The summed E-state index contributed by atoms with van der Waals surface area (Å²) in [6.45, 7) is 4.17. The highest BCUT2D eigenvalue weighted by molar-refractivity contribution is 5.36. The van der Waals surface area contributed by atoms with Gasteiger partial charge in [0.2, 0.25) is 0 Å². The Labute approximate surface area is 96.1 Å². The van der Waals surface area contributed by atoms with E-state index in [1.54, 1.807) is 6.20 Å². The molecule has 1 atom stereocenters. The Kier molecular flexibility index (Phi) is 3.02. The second kappa shape index (κ2) is 4.45. The largest absolute Gasteiger partial charge is 0.319 e. The standard InChI is InChI=1S/C14H16N2/c1-10-6-7-12(11(2)9-10)14(15)13-5-3-4-8-16-13/h3-9,14H,15H2,1-2H3/t14-/m1/s1. The molecular formula is C14H16N2. The van der Waals surface area contributed by atoms with Crippen molar-refractivity contribution in [1.82, 2.24) is 4.98 Å². The van der Waals surface area contributed by atoms with Crippen molar-refractivity contribution in [3.63, 3.8) is 0 Å². The molecule has 0 fully saturated rings. The first-order valence-electron chi connectivity index (χ1n) is 5.42. The summed E-state index contributed by atoms with van der Waals surface area (Å²) in [5.74, 6) is 0. The summed E-state index contributed by atoms with van der Waals surface area (Å²) < 4.78 is 0. The maximum atomic E-state index is 6.20. The van der Waals surface area contributed by atoms with E-state index in [0.717, 1.165) is 11.3 Å². The second-order valence-corrected chi connectivity index (χ2v) is 4.09. The Morgan fingerprint density at radius 1 is 1.12 bits per heavy atom. The lowest BCUT2D eigenvalue weighted by Crippen LogP contribution is -2.14. The molecule has 2 heteroatoms. The van der Waals surface area contributed by atoms with Gasteiger partial charge in [0.15, 0.2) is 0 Å². The van der Waals surface area contributed by atoms with Crippen molar-refractivity contribution in [3.05, 3.63) is 65.0 Å². The molecule has 0 aliphatic heterocycles. The molecule has 2 nitrogen and oxygen atoms in total. The number of hydrogen-bond donors (Lipinski definition) is 1. The van der Waals surface area contributed by atoms with Gasteiger partial charge in [-0.05, 0) is 37.1 Å². The minimum absolute atomic E-state index is 0.137. The molecular weight excluding hydrogens is 196 g/mol. The lowest BCUT2D eigenvalue weighted by Gasteiger charge is -2.14. The van der Waals surface area contributed by atoms with Crippen LogP contribution in [0.25, 0.3) is 0 Å². The third-order valence-electron chi connectivity index (χ3n) is 2.77. The Morgan fingerprint density at radius 3 is 2.56 bits per heavy atom. The van der Waals surface area contributed by atoms with Crippen LogP contribution in [0.4, 0.5) is 0 Å². The van der Waals surface area contributed by atoms with E-state index in [2.05, 4.69) is 37.0 Å². The van der Waals surface area contributed by atoms with E-state index in [0.29, 0.717) is 0 Å². The first kappa shape index (κ1) is 10.8. The van der Waals surface area contributed by atoms with Gasteiger partial charge in [-0.1, -0.05) is 29.8 Å². The number of nitrogens with two attached hydrogens (primary N) is 1. The van der Waals surface area contributed by atoms with E-state index < -0.39 is 0 Å². The predicted molar refractivity (Wildman–Crippen MR) is 66.2 cm³/mol. The van der Waals surface area contributed by atoms with E-state index in [1.807, 2.05) is 18.2 Å². The molecule has 1 aromatic carbocycles. The second-order valence-electron chi connectivity index (χ2n) is 4.09. The first-order chi connectivity index (χ1) is 7.68. The van der Waals surface area contributed by atoms with Crippen LogP contribution in [-0.2, 0) is 0 Å². The lowest BCUT2D eigenvalue weighted by molar-refractivity contribution is 0.820. The Balaban J connectivity index is 2.38. The van der Waals surface area contributed by atoms with Gasteiger partial charge in [-0.2, -0.15) is 0 Å². The van der Waals surface area contributed by atoms with Crippen LogP contribution >= 0.6 is 0 Å². The average Bonchev–Trinajstić information content (AvgIpc) is 2.29. The van der Waals surface area contributed by atoms with E-state index in [9.17, 15) is 0 Å². The molecule has 0 spiro atoms. The number of hydrogen-bond acceptors (Lipinski definition) is 2. The zero-order valence-corrected chi connectivity index (χ0v) is 9.64. The summed E-state index contributed by atoms with van der Waals surface area (Å²) in [6.07, 6.45) is 1.78. The van der Waals surface area contributed by atoms with Crippen LogP contribution in [-0.4, -0.2) is 4.98 Å². The van der Waals surface area contributed by atoms with Crippen molar-refractivity contribution in [2.45, 2.75) is 19.9 Å². The molecule has 82 valence electrons. The molecule has 0 saturated heterocycles. The van der Waals surface area contributed by atoms with Gasteiger partial charge in [-0.25, -0.2) is 0 Å². The SMILES string of the molecule is Cc1ccc([C@@H](N)c2ccccn2)c(C)c1. The summed E-state index contributed by atoms with van der Waals surface area (Å²) in [6, 6.07) is 12.0. The zero-order valence-electron chi connectivity index (χ0n) is 9.64. The van der Waals surface area contributed by atoms with Crippen LogP contribution in [0.5, 0.6) is 0 Å². The van der Waals surface area contributed by atoms with Gasteiger partial charge >= 0.3 is 0 Å². The smallest absolute Gasteiger partial charge is 0.0728 e. The Hall–Kier alpha value is -1.67. The Bertz CT molecular complexity index is 477. The number of aromatic nitrogens is 1. The lowest BCUT2D eigenvalue weighted by atomic mass is 9.97. The molecule has 1 aromatic heterocycles. The van der Waals surface area contributed by atoms with Crippen molar-refractivity contribution >= 4 is 0 Å². The van der Waals surface area contributed by atoms with E-state index in [-0.39, 0.29) is 6.04 Å². The minimum Gasteiger partial charge on any atom is -0.319 e. The Morgan fingerprint density at radius 2 is 1.94 bits per heavy atom. The molecule has 2 rings (SSSR count). The summed E-state index contributed by atoms with van der Waals surface area (Å²) >= 11 is 0. The molecule has 0 unspecified atom stereocenters. The van der Waals surface area contributed by atoms with E-state index in [4.69, 9.17) is 5.73 Å². The third kappa shape index (κ3) is 2.12. The molecule has 1 heterocycles. The highest BCUT2D eigenvalue weighted by Gasteiger charge is 2.11. The van der Waals surface area contributed by atoms with Crippen LogP contribution < -0.4 is 5.73 Å². The fourth-order valence-electron chi connectivity index (χ4n) is 1.89. The zero-order chi connectivity index (χ0) is 11.5. The van der Waals surface area contributed by atoms with Gasteiger partial charge in [-0.3, -0.25) is 4.98 Å². The summed E-state index contributed by atoms with van der Waals surface area (Å²) in [5, 5.41) is 0. The number of benzene rings is 1. The van der Waals surface area contributed by atoms with Crippen LogP contribution in [0.15, 0.2) is 42.6 Å². The van der Waals surface area contributed by atoms with Gasteiger partial charge < -0.3 is 5.73 Å². The van der Waals surface area contributed by atoms with Crippen LogP contribution in [0.3, 0.4) is 0 Å². The fourth-order valence-corrected chi connectivity index (χ4v) is 1.89. The van der Waals surface area contributed by atoms with Gasteiger partial charge in [0.25, 0.3) is 0 Å². The maximum Gasteiger partial charge on any atom is 0.0728 e. The van der Waals surface area contributed by atoms with Crippen LogP contribution in [0.1, 0.15) is 28.4 Å². The van der Waals surface area contributed by atoms with E-state index >= 15 is 0 Å². The van der Waals surface area contributed by atoms with E-state index in [1.165, 1.54) is 11.1 Å². The fraction of sp³-hybridized carbons (Fsp3) is 0.214. The van der Waals surface area contributed by atoms with Crippen molar-refractivity contribution in [3.8, 4) is 0 Å². The van der Waals surface area contributed by atoms with Crippen LogP contribution in [0, 0.1) is 13.8 Å². The van der Waals surface area contributed by atoms with Gasteiger partial charge in [0.1, 0.15) is 0 Å². The number of rotatable bonds is 2. The van der Waals surface area contributed by atoms with Crippen molar-refractivity contribution in [2.75, 3.05) is 0 Å². The highest BCUT2D eigenvalue weighted by atomic mass is 14.8. The quantitative estimate of drug-likeness (QED) is 0.831. The van der Waals surface area contributed by atoms with Crippen molar-refractivity contribution in [2.24, 2.45) is 5.73 Å².